The Morgan fingerprint density at radius 1 is 0.800 bits per heavy atom. The van der Waals surface area contributed by atoms with Crippen LogP contribution in [0.3, 0.4) is 0 Å². The molecule has 4 rings (SSSR count). The monoisotopic (exact) mass is 143 g/mol. The molecule has 0 N–H and O–H groups in total. The van der Waals surface area contributed by atoms with Crippen molar-refractivity contribution in [2.24, 2.45) is 0 Å². The van der Waals surface area contributed by atoms with Gasteiger partial charge in [-0.15, -0.1) is 0 Å². The zero-order chi connectivity index (χ0) is 6.55. The average Bonchev–Trinajstić information content (AvgIpc) is 1.82. The standard InChI is InChI=1S/C6H9NO3/c1-4-8-5-2-7(1)3-6(9-4)10-5/h4-6H,1-3H2. The molecule has 0 saturated carbocycles. The molecule has 4 bridgehead atoms. The van der Waals surface area contributed by atoms with Crippen LogP contribution < -0.4 is 0 Å². The lowest BCUT2D eigenvalue weighted by Gasteiger charge is -2.50. The summed E-state index contributed by atoms with van der Waals surface area (Å²) in [6, 6.07) is 0. The maximum atomic E-state index is 5.34. The number of ether oxygens (including phenoxy) is 3. The summed E-state index contributed by atoms with van der Waals surface area (Å²) in [5.41, 5.74) is 0. The molecule has 0 aromatic heterocycles. The van der Waals surface area contributed by atoms with Crippen molar-refractivity contribution in [3.05, 3.63) is 0 Å². The Hall–Kier alpha value is -0.160. The van der Waals surface area contributed by atoms with Crippen LogP contribution in [0.4, 0.5) is 0 Å². The van der Waals surface area contributed by atoms with Crippen LogP contribution in [0, 0.1) is 0 Å². The third-order valence-corrected chi connectivity index (χ3v) is 2.13. The second-order valence-corrected chi connectivity index (χ2v) is 2.92. The molecule has 4 aliphatic rings. The molecule has 4 heterocycles. The summed E-state index contributed by atoms with van der Waals surface area (Å²) in [5, 5.41) is 0. The molecule has 0 aromatic rings. The average molecular weight is 143 g/mol. The van der Waals surface area contributed by atoms with E-state index in [4.69, 9.17) is 14.2 Å². The number of hydrogen-bond donors (Lipinski definition) is 0. The summed E-state index contributed by atoms with van der Waals surface area (Å²) in [7, 11) is 0. The van der Waals surface area contributed by atoms with Crippen molar-refractivity contribution in [2.75, 3.05) is 19.6 Å². The maximum Gasteiger partial charge on any atom is 0.176 e. The normalized spacial score (nSPS) is 57.6. The molecule has 0 unspecified atom stereocenters. The predicted molar refractivity (Wildman–Crippen MR) is 31.1 cm³/mol. The van der Waals surface area contributed by atoms with Crippen LogP contribution in [-0.2, 0) is 14.2 Å². The van der Waals surface area contributed by atoms with E-state index in [1.54, 1.807) is 0 Å². The van der Waals surface area contributed by atoms with Gasteiger partial charge in [0.2, 0.25) is 0 Å². The molecule has 0 aliphatic carbocycles. The van der Waals surface area contributed by atoms with Crippen molar-refractivity contribution in [1.29, 1.82) is 0 Å². The highest BCUT2D eigenvalue weighted by atomic mass is 16.9. The maximum absolute atomic E-state index is 5.34. The summed E-state index contributed by atoms with van der Waals surface area (Å²) in [6.07, 6.45) is -0.0660. The van der Waals surface area contributed by atoms with Gasteiger partial charge in [-0.05, 0) is 0 Å². The van der Waals surface area contributed by atoms with E-state index in [2.05, 4.69) is 4.90 Å². The van der Waals surface area contributed by atoms with Crippen LogP contribution in [-0.4, -0.2) is 43.4 Å². The molecule has 4 fully saturated rings. The topological polar surface area (TPSA) is 30.9 Å². The SMILES string of the molecule is C1C2OC3CN1CC(O2)O3. The summed E-state index contributed by atoms with van der Waals surface area (Å²) >= 11 is 0. The van der Waals surface area contributed by atoms with Gasteiger partial charge in [-0.2, -0.15) is 0 Å². The lowest BCUT2D eigenvalue weighted by Crippen LogP contribution is -2.64. The van der Waals surface area contributed by atoms with E-state index < -0.39 is 0 Å². The van der Waals surface area contributed by atoms with Gasteiger partial charge in [-0.3, -0.25) is 4.90 Å². The van der Waals surface area contributed by atoms with Gasteiger partial charge in [0.15, 0.2) is 18.9 Å². The van der Waals surface area contributed by atoms with Crippen molar-refractivity contribution >= 4 is 0 Å². The molecule has 0 spiro atoms. The van der Waals surface area contributed by atoms with E-state index in [1.807, 2.05) is 0 Å². The second kappa shape index (κ2) is 1.71. The molecule has 56 valence electrons. The number of rotatable bonds is 0. The molecule has 0 radical (unpaired) electrons. The Morgan fingerprint density at radius 2 is 1.20 bits per heavy atom. The van der Waals surface area contributed by atoms with Crippen molar-refractivity contribution in [2.45, 2.75) is 18.9 Å². The minimum atomic E-state index is -0.0220. The van der Waals surface area contributed by atoms with Crippen LogP contribution in [0.5, 0.6) is 0 Å². The Morgan fingerprint density at radius 3 is 1.50 bits per heavy atom. The Kier molecular flexibility index (Phi) is 0.936. The lowest BCUT2D eigenvalue weighted by atomic mass is 10.3. The second-order valence-electron chi connectivity index (χ2n) is 2.92. The lowest BCUT2D eigenvalue weighted by molar-refractivity contribution is -0.434. The quantitative estimate of drug-likeness (QED) is 0.451. The van der Waals surface area contributed by atoms with Gasteiger partial charge in [0, 0.05) is 0 Å². The summed E-state index contributed by atoms with van der Waals surface area (Å²) in [4.78, 5) is 2.32. The largest absolute Gasteiger partial charge is 0.321 e. The molecule has 4 saturated heterocycles. The van der Waals surface area contributed by atoms with Crippen LogP contribution in [0.2, 0.25) is 0 Å². The van der Waals surface area contributed by atoms with Crippen molar-refractivity contribution in [3.8, 4) is 0 Å². The van der Waals surface area contributed by atoms with Gasteiger partial charge in [0.25, 0.3) is 0 Å². The predicted octanol–water partition coefficient (Wildman–Crippen LogP) is -0.643. The molecule has 0 amide bonds. The van der Waals surface area contributed by atoms with Gasteiger partial charge < -0.3 is 14.2 Å². The molecule has 4 aliphatic heterocycles. The van der Waals surface area contributed by atoms with Crippen molar-refractivity contribution in [1.82, 2.24) is 4.90 Å². The molecule has 0 atom stereocenters. The number of hydrogen-bond acceptors (Lipinski definition) is 4. The number of morpholine rings is 3. The highest BCUT2D eigenvalue weighted by Gasteiger charge is 2.43. The van der Waals surface area contributed by atoms with E-state index in [0.717, 1.165) is 19.6 Å². The van der Waals surface area contributed by atoms with E-state index in [1.165, 1.54) is 0 Å². The van der Waals surface area contributed by atoms with Gasteiger partial charge in [0.05, 0.1) is 19.6 Å². The fraction of sp³-hybridized carbons (Fsp3) is 1.00. The molecular formula is C6H9NO3. The first kappa shape index (κ1) is 5.49. The molecule has 10 heavy (non-hydrogen) atoms. The zero-order valence-corrected chi connectivity index (χ0v) is 5.53. The van der Waals surface area contributed by atoms with Crippen LogP contribution in [0.25, 0.3) is 0 Å². The highest BCUT2D eigenvalue weighted by Crippen LogP contribution is 2.27. The molecule has 0 aromatic carbocycles. The van der Waals surface area contributed by atoms with Gasteiger partial charge in [-0.1, -0.05) is 0 Å². The van der Waals surface area contributed by atoms with Gasteiger partial charge >= 0.3 is 0 Å². The van der Waals surface area contributed by atoms with E-state index in [0.29, 0.717) is 0 Å². The van der Waals surface area contributed by atoms with Crippen LogP contribution in [0.1, 0.15) is 0 Å². The smallest absolute Gasteiger partial charge is 0.176 e. The van der Waals surface area contributed by atoms with Gasteiger partial charge in [0.1, 0.15) is 0 Å². The first-order chi connectivity index (χ1) is 4.90. The van der Waals surface area contributed by atoms with Crippen LogP contribution >= 0.6 is 0 Å². The third kappa shape index (κ3) is 0.645. The Bertz CT molecular complexity index is 105. The first-order valence-corrected chi connectivity index (χ1v) is 3.59. The van der Waals surface area contributed by atoms with Gasteiger partial charge in [-0.25, -0.2) is 0 Å². The summed E-state index contributed by atoms with van der Waals surface area (Å²) in [5.74, 6) is 0. The fourth-order valence-electron chi connectivity index (χ4n) is 1.72. The van der Waals surface area contributed by atoms with E-state index in [-0.39, 0.29) is 18.9 Å². The first-order valence-electron chi connectivity index (χ1n) is 3.59. The van der Waals surface area contributed by atoms with Crippen molar-refractivity contribution < 1.29 is 14.2 Å². The summed E-state index contributed by atoms with van der Waals surface area (Å²) in [6.45, 7) is 2.74. The molecule has 4 nitrogen and oxygen atoms in total. The Labute approximate surface area is 58.6 Å². The Balaban J connectivity index is 1.90. The van der Waals surface area contributed by atoms with Crippen LogP contribution in [0.15, 0.2) is 0 Å². The molecule has 4 heteroatoms. The minimum absolute atomic E-state index is 0.0220. The van der Waals surface area contributed by atoms with E-state index in [9.17, 15) is 0 Å². The summed E-state index contributed by atoms with van der Waals surface area (Å²) < 4.78 is 16.0. The van der Waals surface area contributed by atoms with E-state index >= 15 is 0 Å². The fourth-order valence-corrected chi connectivity index (χ4v) is 1.72. The van der Waals surface area contributed by atoms with Crippen molar-refractivity contribution in [3.63, 3.8) is 0 Å². The third-order valence-electron chi connectivity index (χ3n) is 2.13. The minimum Gasteiger partial charge on any atom is -0.321 e. The highest BCUT2D eigenvalue weighted by molar-refractivity contribution is 4.80. The molecular weight excluding hydrogens is 134 g/mol. The number of nitrogens with zero attached hydrogens (tertiary/aromatic N) is 1. The zero-order valence-electron chi connectivity index (χ0n) is 5.53.